The molecule has 116 valence electrons. The fourth-order valence-corrected chi connectivity index (χ4v) is 2.17. The highest BCUT2D eigenvalue weighted by molar-refractivity contribution is 5.78. The van der Waals surface area contributed by atoms with Gasteiger partial charge in [0.1, 0.15) is 18.2 Å². The van der Waals surface area contributed by atoms with Crippen LogP contribution in [0.4, 0.5) is 4.39 Å². The number of hydrogen-bond acceptors (Lipinski definition) is 2. The summed E-state index contributed by atoms with van der Waals surface area (Å²) in [6.45, 7) is 4.81. The summed E-state index contributed by atoms with van der Waals surface area (Å²) in [7, 11) is 0. The summed E-state index contributed by atoms with van der Waals surface area (Å²) in [6, 6.07) is 11.9. The Morgan fingerprint density at radius 1 is 1.14 bits per heavy atom. The molecule has 0 saturated carbocycles. The van der Waals surface area contributed by atoms with Crippen molar-refractivity contribution in [3.8, 4) is 5.75 Å². The fraction of sp³-hybridized carbons (Fsp3) is 0.278. The molecule has 4 heteroatoms. The molecule has 0 aliphatic carbocycles. The molecule has 0 saturated heterocycles. The Hall–Kier alpha value is -2.36. The minimum absolute atomic E-state index is 0.0327. The van der Waals surface area contributed by atoms with Crippen LogP contribution in [0.3, 0.4) is 0 Å². The molecule has 0 aromatic heterocycles. The summed E-state index contributed by atoms with van der Waals surface area (Å²) >= 11 is 0. The van der Waals surface area contributed by atoms with Gasteiger partial charge in [-0.25, -0.2) is 4.39 Å². The van der Waals surface area contributed by atoms with Gasteiger partial charge in [-0.15, -0.1) is 0 Å². The van der Waals surface area contributed by atoms with E-state index in [0.717, 1.165) is 11.1 Å². The monoisotopic (exact) mass is 301 g/mol. The van der Waals surface area contributed by atoms with E-state index in [2.05, 4.69) is 11.4 Å². The number of amides is 1. The number of carbonyl (C=O) groups excluding carboxylic acids is 1. The maximum atomic E-state index is 12.7. The van der Waals surface area contributed by atoms with Gasteiger partial charge in [0.15, 0.2) is 0 Å². The van der Waals surface area contributed by atoms with Crippen LogP contribution in [0.1, 0.15) is 16.7 Å². The van der Waals surface area contributed by atoms with Crippen LogP contribution >= 0.6 is 0 Å². The summed E-state index contributed by atoms with van der Waals surface area (Å²) in [5.74, 6) is 0.258. The molecule has 0 heterocycles. The first kappa shape index (κ1) is 16.0. The molecule has 2 aromatic rings. The zero-order valence-electron chi connectivity index (χ0n) is 12.9. The average Bonchev–Trinajstić information content (AvgIpc) is 2.48. The van der Waals surface area contributed by atoms with Crippen molar-refractivity contribution in [2.45, 2.75) is 20.3 Å². The first-order valence-electron chi connectivity index (χ1n) is 7.26. The number of aryl methyl sites for hydroxylation is 2. The lowest BCUT2D eigenvalue weighted by molar-refractivity contribution is -0.120. The van der Waals surface area contributed by atoms with Crippen molar-refractivity contribution in [2.24, 2.45) is 0 Å². The second-order valence-electron chi connectivity index (χ2n) is 5.26. The molecule has 2 aromatic carbocycles. The molecule has 1 amide bonds. The summed E-state index contributed by atoms with van der Waals surface area (Å²) in [5.41, 5.74) is 3.34. The maximum absolute atomic E-state index is 12.7. The van der Waals surface area contributed by atoms with Crippen LogP contribution in [0.5, 0.6) is 5.75 Å². The smallest absolute Gasteiger partial charge is 0.224 e. The van der Waals surface area contributed by atoms with E-state index in [4.69, 9.17) is 4.74 Å². The van der Waals surface area contributed by atoms with Gasteiger partial charge in [-0.2, -0.15) is 0 Å². The Labute approximate surface area is 130 Å². The molecule has 0 spiro atoms. The van der Waals surface area contributed by atoms with E-state index in [-0.39, 0.29) is 11.7 Å². The summed E-state index contributed by atoms with van der Waals surface area (Å²) < 4.78 is 18.2. The highest BCUT2D eigenvalue weighted by Crippen LogP contribution is 2.11. The number of hydrogen-bond donors (Lipinski definition) is 1. The second-order valence-corrected chi connectivity index (χ2v) is 5.26. The molecule has 0 atom stereocenters. The second kappa shape index (κ2) is 7.59. The van der Waals surface area contributed by atoms with Gasteiger partial charge in [-0.05, 0) is 49.2 Å². The van der Waals surface area contributed by atoms with Crippen molar-refractivity contribution in [3.63, 3.8) is 0 Å². The molecule has 2 rings (SSSR count). The fourth-order valence-electron chi connectivity index (χ4n) is 2.17. The van der Waals surface area contributed by atoms with Gasteiger partial charge in [0.25, 0.3) is 0 Å². The molecule has 0 aliphatic heterocycles. The van der Waals surface area contributed by atoms with E-state index in [0.29, 0.717) is 25.3 Å². The third kappa shape index (κ3) is 4.88. The summed E-state index contributed by atoms with van der Waals surface area (Å²) in [4.78, 5) is 11.9. The van der Waals surface area contributed by atoms with Crippen LogP contribution in [-0.2, 0) is 11.2 Å². The van der Waals surface area contributed by atoms with Gasteiger partial charge >= 0.3 is 0 Å². The number of nitrogens with one attached hydrogen (secondary N) is 1. The molecule has 0 aliphatic rings. The molecular formula is C18H20FNO2. The van der Waals surface area contributed by atoms with Crippen molar-refractivity contribution in [1.29, 1.82) is 0 Å². The van der Waals surface area contributed by atoms with Crippen LogP contribution in [0, 0.1) is 19.7 Å². The molecule has 0 radical (unpaired) electrons. The Kier molecular flexibility index (Phi) is 5.53. The highest BCUT2D eigenvalue weighted by atomic mass is 19.1. The Morgan fingerprint density at radius 2 is 1.86 bits per heavy atom. The van der Waals surface area contributed by atoms with Gasteiger partial charge in [0, 0.05) is 0 Å². The SMILES string of the molecule is Cc1ccc(CC(=O)NCCOc2ccc(F)cc2)c(C)c1. The van der Waals surface area contributed by atoms with Crippen LogP contribution in [0.25, 0.3) is 0 Å². The normalized spacial score (nSPS) is 10.3. The zero-order chi connectivity index (χ0) is 15.9. The predicted molar refractivity (Wildman–Crippen MR) is 84.5 cm³/mol. The Bertz CT molecular complexity index is 638. The first-order chi connectivity index (χ1) is 10.5. The molecular weight excluding hydrogens is 281 g/mol. The lowest BCUT2D eigenvalue weighted by Crippen LogP contribution is -2.29. The van der Waals surface area contributed by atoms with Crippen molar-refractivity contribution in [2.75, 3.05) is 13.2 Å². The minimum atomic E-state index is -0.297. The first-order valence-corrected chi connectivity index (χ1v) is 7.26. The largest absolute Gasteiger partial charge is 0.492 e. The van der Waals surface area contributed by atoms with Crippen LogP contribution in [-0.4, -0.2) is 19.1 Å². The third-order valence-electron chi connectivity index (χ3n) is 3.36. The number of benzene rings is 2. The minimum Gasteiger partial charge on any atom is -0.492 e. The Morgan fingerprint density at radius 3 is 2.55 bits per heavy atom. The number of ether oxygens (including phenoxy) is 1. The molecule has 22 heavy (non-hydrogen) atoms. The standard InChI is InChI=1S/C18H20FNO2/c1-13-3-4-15(14(2)11-13)12-18(21)20-9-10-22-17-7-5-16(19)6-8-17/h3-8,11H,9-10,12H2,1-2H3,(H,20,21). The molecule has 0 fully saturated rings. The van der Waals surface area contributed by atoms with Gasteiger partial charge in [0.2, 0.25) is 5.91 Å². The Balaban J connectivity index is 1.72. The van der Waals surface area contributed by atoms with E-state index in [1.165, 1.54) is 17.7 Å². The molecule has 0 bridgehead atoms. The lowest BCUT2D eigenvalue weighted by atomic mass is 10.0. The van der Waals surface area contributed by atoms with E-state index in [1.54, 1.807) is 12.1 Å². The lowest BCUT2D eigenvalue weighted by Gasteiger charge is -2.09. The van der Waals surface area contributed by atoms with E-state index < -0.39 is 0 Å². The van der Waals surface area contributed by atoms with Gasteiger partial charge in [0.05, 0.1) is 13.0 Å². The number of rotatable bonds is 6. The average molecular weight is 301 g/mol. The van der Waals surface area contributed by atoms with Crippen molar-refractivity contribution >= 4 is 5.91 Å². The van der Waals surface area contributed by atoms with Gasteiger partial charge in [-0.1, -0.05) is 23.8 Å². The van der Waals surface area contributed by atoms with Crippen LogP contribution in [0.15, 0.2) is 42.5 Å². The molecule has 1 N–H and O–H groups in total. The van der Waals surface area contributed by atoms with Gasteiger partial charge < -0.3 is 10.1 Å². The molecule has 3 nitrogen and oxygen atoms in total. The summed E-state index contributed by atoms with van der Waals surface area (Å²) in [6.07, 6.45) is 0.364. The number of carbonyl (C=O) groups is 1. The van der Waals surface area contributed by atoms with Crippen molar-refractivity contribution in [1.82, 2.24) is 5.32 Å². The van der Waals surface area contributed by atoms with Crippen LogP contribution < -0.4 is 10.1 Å². The maximum Gasteiger partial charge on any atom is 0.224 e. The predicted octanol–water partition coefficient (Wildman–Crippen LogP) is 3.18. The van der Waals surface area contributed by atoms with E-state index in [9.17, 15) is 9.18 Å². The van der Waals surface area contributed by atoms with Crippen molar-refractivity contribution in [3.05, 3.63) is 65.0 Å². The van der Waals surface area contributed by atoms with E-state index >= 15 is 0 Å². The third-order valence-corrected chi connectivity index (χ3v) is 3.36. The van der Waals surface area contributed by atoms with Crippen molar-refractivity contribution < 1.29 is 13.9 Å². The summed E-state index contributed by atoms with van der Waals surface area (Å²) in [5, 5.41) is 2.82. The topological polar surface area (TPSA) is 38.3 Å². The van der Waals surface area contributed by atoms with Gasteiger partial charge in [-0.3, -0.25) is 4.79 Å². The zero-order valence-corrected chi connectivity index (χ0v) is 12.9. The number of halogens is 1. The van der Waals surface area contributed by atoms with Crippen LogP contribution in [0.2, 0.25) is 0 Å². The quantitative estimate of drug-likeness (QED) is 0.832. The highest BCUT2D eigenvalue weighted by Gasteiger charge is 2.05. The molecule has 0 unspecified atom stereocenters. The van der Waals surface area contributed by atoms with E-state index in [1.807, 2.05) is 26.0 Å².